The number of fused-ring (bicyclic) bond motifs is 1. The van der Waals surface area contributed by atoms with Crippen LogP contribution in [-0.2, 0) is 19.5 Å². The number of aromatic nitrogens is 3. The van der Waals surface area contributed by atoms with E-state index in [1.165, 1.54) is 11.1 Å². The summed E-state index contributed by atoms with van der Waals surface area (Å²) in [5, 5.41) is 11.8. The van der Waals surface area contributed by atoms with Gasteiger partial charge in [0.25, 0.3) is 0 Å². The van der Waals surface area contributed by atoms with Crippen LogP contribution >= 0.6 is 0 Å². The standard InChI is InChI=1S/C13H16N4/c1-2-17-9-15-16-13(17)12-7-10-5-3-4-6-11(10)8-14-12/h3-6,9,12,14H,2,7-8H2,1H3/t12-/m0/s1. The molecule has 1 N–H and O–H groups in total. The van der Waals surface area contributed by atoms with Crippen molar-refractivity contribution in [3.63, 3.8) is 0 Å². The molecule has 0 unspecified atom stereocenters. The SMILES string of the molecule is CCn1cnnc1[C@@H]1Cc2ccccc2CN1. The molecular formula is C13H16N4. The van der Waals surface area contributed by atoms with E-state index in [0.29, 0.717) is 0 Å². The number of hydrogen-bond donors (Lipinski definition) is 1. The largest absolute Gasteiger partial charge is 0.317 e. The number of benzene rings is 1. The van der Waals surface area contributed by atoms with Crippen molar-refractivity contribution in [2.75, 3.05) is 0 Å². The van der Waals surface area contributed by atoms with E-state index in [2.05, 4.69) is 51.3 Å². The predicted octanol–water partition coefficient (Wildman–Crippen LogP) is 1.68. The molecule has 0 aliphatic carbocycles. The van der Waals surface area contributed by atoms with Gasteiger partial charge in [-0.1, -0.05) is 24.3 Å². The number of nitrogens with zero attached hydrogens (tertiary/aromatic N) is 3. The van der Waals surface area contributed by atoms with Crippen LogP contribution in [0, 0.1) is 0 Å². The number of hydrogen-bond acceptors (Lipinski definition) is 3. The summed E-state index contributed by atoms with van der Waals surface area (Å²) in [7, 11) is 0. The molecular weight excluding hydrogens is 212 g/mol. The van der Waals surface area contributed by atoms with Crippen molar-refractivity contribution >= 4 is 0 Å². The van der Waals surface area contributed by atoms with Gasteiger partial charge in [-0.05, 0) is 24.5 Å². The first-order valence-corrected chi connectivity index (χ1v) is 6.06. The maximum Gasteiger partial charge on any atom is 0.150 e. The number of rotatable bonds is 2. The topological polar surface area (TPSA) is 42.7 Å². The fraction of sp³-hybridized carbons (Fsp3) is 0.385. The first-order chi connectivity index (χ1) is 8.38. The molecule has 0 saturated carbocycles. The molecule has 1 aliphatic heterocycles. The fourth-order valence-corrected chi connectivity index (χ4v) is 2.41. The third-order valence-electron chi connectivity index (χ3n) is 3.38. The summed E-state index contributed by atoms with van der Waals surface area (Å²) in [6, 6.07) is 8.87. The van der Waals surface area contributed by atoms with Crippen LogP contribution in [0.3, 0.4) is 0 Å². The summed E-state index contributed by atoms with van der Waals surface area (Å²) in [5.74, 6) is 1.04. The summed E-state index contributed by atoms with van der Waals surface area (Å²) in [6.45, 7) is 3.95. The zero-order valence-electron chi connectivity index (χ0n) is 9.93. The van der Waals surface area contributed by atoms with Gasteiger partial charge in [0, 0.05) is 13.1 Å². The molecule has 1 aromatic carbocycles. The Morgan fingerprint density at radius 2 is 2.18 bits per heavy atom. The molecule has 0 bridgehead atoms. The summed E-state index contributed by atoms with van der Waals surface area (Å²) in [4.78, 5) is 0. The molecule has 0 radical (unpaired) electrons. The Morgan fingerprint density at radius 1 is 1.35 bits per heavy atom. The van der Waals surface area contributed by atoms with Gasteiger partial charge in [0.05, 0.1) is 6.04 Å². The number of aryl methyl sites for hydroxylation is 1. The van der Waals surface area contributed by atoms with Gasteiger partial charge in [0.2, 0.25) is 0 Å². The Labute approximate surface area is 101 Å². The predicted molar refractivity (Wildman–Crippen MR) is 65.4 cm³/mol. The van der Waals surface area contributed by atoms with Gasteiger partial charge < -0.3 is 9.88 Å². The van der Waals surface area contributed by atoms with Crippen LogP contribution < -0.4 is 5.32 Å². The lowest BCUT2D eigenvalue weighted by molar-refractivity contribution is 0.456. The van der Waals surface area contributed by atoms with Gasteiger partial charge in [0.15, 0.2) is 0 Å². The van der Waals surface area contributed by atoms with Crippen molar-refractivity contribution in [1.82, 2.24) is 20.1 Å². The van der Waals surface area contributed by atoms with Crippen LogP contribution in [0.5, 0.6) is 0 Å². The van der Waals surface area contributed by atoms with Crippen molar-refractivity contribution < 1.29 is 0 Å². The Bertz CT molecular complexity index is 518. The highest BCUT2D eigenvalue weighted by atomic mass is 15.3. The molecule has 0 spiro atoms. The summed E-state index contributed by atoms with van der Waals surface area (Å²) < 4.78 is 2.10. The molecule has 2 heterocycles. The smallest absolute Gasteiger partial charge is 0.150 e. The normalized spacial score (nSPS) is 19.0. The Morgan fingerprint density at radius 3 is 3.00 bits per heavy atom. The lowest BCUT2D eigenvalue weighted by atomic mass is 9.95. The van der Waals surface area contributed by atoms with E-state index in [4.69, 9.17) is 0 Å². The molecule has 0 saturated heterocycles. The zero-order chi connectivity index (χ0) is 11.7. The van der Waals surface area contributed by atoms with Gasteiger partial charge in [-0.3, -0.25) is 0 Å². The van der Waals surface area contributed by atoms with Gasteiger partial charge in [-0.2, -0.15) is 0 Å². The van der Waals surface area contributed by atoms with Gasteiger partial charge in [0.1, 0.15) is 12.2 Å². The summed E-state index contributed by atoms with van der Waals surface area (Å²) in [6.07, 6.45) is 2.80. The molecule has 1 aromatic heterocycles. The van der Waals surface area contributed by atoms with Gasteiger partial charge >= 0.3 is 0 Å². The van der Waals surface area contributed by atoms with E-state index in [9.17, 15) is 0 Å². The Balaban J connectivity index is 1.89. The second kappa shape index (κ2) is 4.30. The molecule has 4 nitrogen and oxygen atoms in total. The van der Waals surface area contributed by atoms with Crippen molar-refractivity contribution in [1.29, 1.82) is 0 Å². The quantitative estimate of drug-likeness (QED) is 0.850. The van der Waals surface area contributed by atoms with Gasteiger partial charge in [-0.25, -0.2) is 0 Å². The maximum atomic E-state index is 4.23. The van der Waals surface area contributed by atoms with Crippen LogP contribution in [0.2, 0.25) is 0 Å². The first kappa shape index (κ1) is 10.5. The second-order valence-corrected chi connectivity index (χ2v) is 4.38. The molecule has 88 valence electrons. The van der Waals surface area contributed by atoms with Crippen molar-refractivity contribution in [2.24, 2.45) is 0 Å². The van der Waals surface area contributed by atoms with E-state index >= 15 is 0 Å². The molecule has 4 heteroatoms. The van der Waals surface area contributed by atoms with E-state index < -0.39 is 0 Å². The van der Waals surface area contributed by atoms with E-state index in [0.717, 1.165) is 25.3 Å². The highest BCUT2D eigenvalue weighted by Gasteiger charge is 2.22. The average Bonchev–Trinajstić information content (AvgIpc) is 2.86. The van der Waals surface area contributed by atoms with E-state index in [1.54, 1.807) is 6.33 Å². The lowest BCUT2D eigenvalue weighted by Crippen LogP contribution is -2.30. The first-order valence-electron chi connectivity index (χ1n) is 6.06. The maximum absolute atomic E-state index is 4.23. The highest BCUT2D eigenvalue weighted by Crippen LogP contribution is 2.24. The highest BCUT2D eigenvalue weighted by molar-refractivity contribution is 5.30. The van der Waals surface area contributed by atoms with Gasteiger partial charge in [-0.15, -0.1) is 10.2 Å². The lowest BCUT2D eigenvalue weighted by Gasteiger charge is -2.25. The third kappa shape index (κ3) is 1.85. The molecule has 3 rings (SSSR count). The van der Waals surface area contributed by atoms with E-state index in [-0.39, 0.29) is 6.04 Å². The van der Waals surface area contributed by atoms with Crippen LogP contribution in [0.4, 0.5) is 0 Å². The Hall–Kier alpha value is -1.68. The zero-order valence-corrected chi connectivity index (χ0v) is 9.93. The Kier molecular flexibility index (Phi) is 2.65. The van der Waals surface area contributed by atoms with Crippen molar-refractivity contribution in [3.8, 4) is 0 Å². The molecule has 17 heavy (non-hydrogen) atoms. The van der Waals surface area contributed by atoms with Crippen LogP contribution in [-0.4, -0.2) is 14.8 Å². The average molecular weight is 228 g/mol. The third-order valence-corrected chi connectivity index (χ3v) is 3.38. The van der Waals surface area contributed by atoms with Crippen LogP contribution in [0.15, 0.2) is 30.6 Å². The van der Waals surface area contributed by atoms with Crippen LogP contribution in [0.1, 0.15) is 29.9 Å². The molecule has 0 fully saturated rings. The summed E-state index contributed by atoms with van der Waals surface area (Å²) in [5.41, 5.74) is 2.81. The monoisotopic (exact) mass is 228 g/mol. The molecule has 1 atom stereocenters. The summed E-state index contributed by atoms with van der Waals surface area (Å²) >= 11 is 0. The molecule has 0 amide bonds. The van der Waals surface area contributed by atoms with Crippen molar-refractivity contribution in [3.05, 3.63) is 47.5 Å². The molecule has 2 aromatic rings. The second-order valence-electron chi connectivity index (χ2n) is 4.38. The minimum atomic E-state index is 0.285. The van der Waals surface area contributed by atoms with Crippen molar-refractivity contribution in [2.45, 2.75) is 32.5 Å². The van der Waals surface area contributed by atoms with E-state index in [1.807, 2.05) is 0 Å². The fourth-order valence-electron chi connectivity index (χ4n) is 2.41. The number of nitrogens with one attached hydrogen (secondary N) is 1. The minimum absolute atomic E-state index is 0.285. The minimum Gasteiger partial charge on any atom is -0.317 e. The van der Waals surface area contributed by atoms with Crippen LogP contribution in [0.25, 0.3) is 0 Å². The molecule has 1 aliphatic rings.